The van der Waals surface area contributed by atoms with Gasteiger partial charge in [-0.15, -0.1) is 10.2 Å². The van der Waals surface area contributed by atoms with Crippen LogP contribution >= 0.6 is 22.9 Å². The second-order valence-corrected chi connectivity index (χ2v) is 9.48. The van der Waals surface area contributed by atoms with E-state index in [1.165, 1.54) is 17.8 Å². The Balaban J connectivity index is 1.65. The van der Waals surface area contributed by atoms with Crippen LogP contribution in [0.3, 0.4) is 0 Å². The fourth-order valence-corrected chi connectivity index (χ4v) is 4.90. The molecule has 1 fully saturated rings. The zero-order chi connectivity index (χ0) is 22.7. The third-order valence-electron chi connectivity index (χ3n) is 5.71. The van der Waals surface area contributed by atoms with Gasteiger partial charge in [-0.2, -0.15) is 0 Å². The van der Waals surface area contributed by atoms with Gasteiger partial charge in [-0.05, 0) is 68.0 Å². The maximum Gasteiger partial charge on any atom is 0.261 e. The van der Waals surface area contributed by atoms with Crippen LogP contribution in [0.2, 0.25) is 5.02 Å². The Hall–Kier alpha value is -2.70. The highest BCUT2D eigenvalue weighted by Gasteiger charge is 2.29. The molecule has 0 saturated heterocycles. The van der Waals surface area contributed by atoms with E-state index in [4.69, 9.17) is 16.3 Å². The third kappa shape index (κ3) is 4.71. The second kappa shape index (κ2) is 9.84. The van der Waals surface area contributed by atoms with Crippen molar-refractivity contribution in [1.29, 1.82) is 0 Å². The number of carbonyl (C=O) groups is 1. The average molecular weight is 468 g/mol. The number of hydrogen-bond donors (Lipinski definition) is 0. The van der Waals surface area contributed by atoms with Gasteiger partial charge in [0.15, 0.2) is 0 Å². The smallest absolute Gasteiger partial charge is 0.261 e. The van der Waals surface area contributed by atoms with Gasteiger partial charge >= 0.3 is 0 Å². The molecule has 0 radical (unpaired) electrons. The van der Waals surface area contributed by atoms with Crippen molar-refractivity contribution in [2.75, 3.05) is 18.1 Å². The van der Waals surface area contributed by atoms with Gasteiger partial charge in [-0.25, -0.2) is 0 Å². The highest BCUT2D eigenvalue weighted by molar-refractivity contribution is 7.18. The van der Waals surface area contributed by atoms with E-state index in [2.05, 4.69) is 16.8 Å². The van der Waals surface area contributed by atoms with Crippen molar-refractivity contribution in [3.05, 3.63) is 70.8 Å². The normalized spacial score (nSPS) is 13.5. The number of ether oxygens (including phenoxy) is 1. The molecular formula is C25H26ClN3O2S. The number of aryl methyl sites for hydroxylation is 2. The third-order valence-corrected chi connectivity index (χ3v) is 7.04. The standard InChI is InChI=1S/C25H26ClN3O2S/c1-4-12-31-22-16(2)13-19(14-17(22)3)23-27-28-25(32-23)29(15-18-8-7-9-18)24(30)20-10-5-6-11-21(20)26/h4-6,10-11,13-14,18H,1,7-9,12,15H2,2-3H3. The van der Waals surface area contributed by atoms with E-state index in [1.54, 1.807) is 23.1 Å². The van der Waals surface area contributed by atoms with E-state index in [-0.39, 0.29) is 5.91 Å². The minimum Gasteiger partial charge on any atom is -0.489 e. The molecule has 1 aromatic heterocycles. The van der Waals surface area contributed by atoms with E-state index in [0.29, 0.717) is 34.8 Å². The summed E-state index contributed by atoms with van der Waals surface area (Å²) in [6, 6.07) is 11.2. The Morgan fingerprint density at radius 2 is 1.97 bits per heavy atom. The largest absolute Gasteiger partial charge is 0.489 e. The van der Waals surface area contributed by atoms with Gasteiger partial charge in [0.2, 0.25) is 5.13 Å². The maximum absolute atomic E-state index is 13.4. The van der Waals surface area contributed by atoms with Crippen molar-refractivity contribution >= 4 is 34.0 Å². The van der Waals surface area contributed by atoms with Crippen LogP contribution in [0.1, 0.15) is 40.7 Å². The van der Waals surface area contributed by atoms with Crippen molar-refractivity contribution in [2.24, 2.45) is 5.92 Å². The Bertz CT molecular complexity index is 1120. The first-order chi connectivity index (χ1) is 15.5. The summed E-state index contributed by atoms with van der Waals surface area (Å²) in [6.07, 6.45) is 5.19. The van der Waals surface area contributed by atoms with Crippen LogP contribution in [-0.4, -0.2) is 29.3 Å². The fraction of sp³-hybridized carbons (Fsp3) is 0.320. The van der Waals surface area contributed by atoms with Gasteiger partial charge in [0.1, 0.15) is 17.4 Å². The van der Waals surface area contributed by atoms with Gasteiger partial charge in [-0.1, -0.05) is 54.1 Å². The molecule has 166 valence electrons. The molecule has 1 heterocycles. The van der Waals surface area contributed by atoms with Crippen molar-refractivity contribution in [2.45, 2.75) is 33.1 Å². The zero-order valence-corrected chi connectivity index (χ0v) is 19.9. The van der Waals surface area contributed by atoms with Crippen LogP contribution in [-0.2, 0) is 0 Å². The summed E-state index contributed by atoms with van der Waals surface area (Å²) in [7, 11) is 0. The van der Waals surface area contributed by atoms with E-state index < -0.39 is 0 Å². The molecule has 7 heteroatoms. The highest BCUT2D eigenvalue weighted by atomic mass is 35.5. The molecule has 1 saturated carbocycles. The van der Waals surface area contributed by atoms with E-state index >= 15 is 0 Å². The minimum absolute atomic E-state index is 0.134. The SMILES string of the molecule is C=CCOc1c(C)cc(-c2nnc(N(CC3CCC3)C(=O)c3ccccc3Cl)s2)cc1C. The minimum atomic E-state index is -0.134. The summed E-state index contributed by atoms with van der Waals surface area (Å²) in [5.41, 5.74) is 3.50. The van der Waals surface area contributed by atoms with Crippen molar-refractivity contribution in [1.82, 2.24) is 10.2 Å². The summed E-state index contributed by atoms with van der Waals surface area (Å²) in [5, 5.41) is 10.6. The van der Waals surface area contributed by atoms with Crippen LogP contribution < -0.4 is 9.64 Å². The first-order valence-electron chi connectivity index (χ1n) is 10.7. The Labute approximate surface area is 197 Å². The Morgan fingerprint density at radius 1 is 1.25 bits per heavy atom. The van der Waals surface area contributed by atoms with Crippen LogP contribution in [0.4, 0.5) is 5.13 Å². The topological polar surface area (TPSA) is 55.3 Å². The molecule has 5 nitrogen and oxygen atoms in total. The number of benzene rings is 2. The summed E-state index contributed by atoms with van der Waals surface area (Å²) in [4.78, 5) is 15.1. The summed E-state index contributed by atoms with van der Waals surface area (Å²) >= 11 is 7.75. The van der Waals surface area contributed by atoms with Crippen LogP contribution in [0.25, 0.3) is 10.6 Å². The van der Waals surface area contributed by atoms with Gasteiger partial charge < -0.3 is 4.74 Å². The predicted molar refractivity (Wildman–Crippen MR) is 131 cm³/mol. The second-order valence-electron chi connectivity index (χ2n) is 8.12. The molecule has 4 rings (SSSR count). The van der Waals surface area contributed by atoms with Gasteiger partial charge in [-0.3, -0.25) is 9.69 Å². The number of amides is 1. The molecule has 0 atom stereocenters. The molecule has 0 N–H and O–H groups in total. The Morgan fingerprint density at radius 3 is 2.59 bits per heavy atom. The van der Waals surface area contributed by atoms with E-state index in [0.717, 1.165) is 40.3 Å². The molecule has 0 bridgehead atoms. The van der Waals surface area contributed by atoms with Crippen LogP contribution in [0, 0.1) is 19.8 Å². The van der Waals surface area contributed by atoms with Gasteiger partial charge in [0, 0.05) is 12.1 Å². The number of carbonyl (C=O) groups excluding carboxylic acids is 1. The molecule has 3 aromatic rings. The van der Waals surface area contributed by atoms with Crippen LogP contribution in [0.15, 0.2) is 49.1 Å². The molecule has 1 aliphatic carbocycles. The molecular weight excluding hydrogens is 442 g/mol. The molecule has 0 spiro atoms. The number of nitrogens with zero attached hydrogens (tertiary/aromatic N) is 3. The lowest BCUT2D eigenvalue weighted by atomic mass is 9.85. The number of rotatable bonds is 8. The molecule has 0 unspecified atom stereocenters. The zero-order valence-electron chi connectivity index (χ0n) is 18.3. The summed E-state index contributed by atoms with van der Waals surface area (Å²) < 4.78 is 5.79. The number of halogens is 1. The first-order valence-corrected chi connectivity index (χ1v) is 11.9. The van der Waals surface area contributed by atoms with E-state index in [9.17, 15) is 4.79 Å². The number of anilines is 1. The quantitative estimate of drug-likeness (QED) is 0.355. The highest BCUT2D eigenvalue weighted by Crippen LogP contribution is 2.36. The van der Waals surface area contributed by atoms with Gasteiger partial charge in [0.05, 0.1) is 10.6 Å². The van der Waals surface area contributed by atoms with Crippen molar-refractivity contribution in [3.8, 4) is 16.3 Å². The Kier molecular flexibility index (Phi) is 6.92. The monoisotopic (exact) mass is 467 g/mol. The van der Waals surface area contributed by atoms with E-state index in [1.807, 2.05) is 38.1 Å². The van der Waals surface area contributed by atoms with Gasteiger partial charge in [0.25, 0.3) is 5.91 Å². The molecule has 0 aliphatic heterocycles. The number of hydrogen-bond acceptors (Lipinski definition) is 5. The lowest BCUT2D eigenvalue weighted by molar-refractivity contribution is 0.0977. The molecule has 32 heavy (non-hydrogen) atoms. The fourth-order valence-electron chi connectivity index (χ4n) is 3.85. The maximum atomic E-state index is 13.4. The van der Waals surface area contributed by atoms with Crippen molar-refractivity contribution in [3.63, 3.8) is 0 Å². The molecule has 2 aromatic carbocycles. The predicted octanol–water partition coefficient (Wildman–Crippen LogP) is 6.49. The average Bonchev–Trinajstić information content (AvgIpc) is 3.22. The van der Waals surface area contributed by atoms with Crippen LogP contribution in [0.5, 0.6) is 5.75 Å². The summed E-state index contributed by atoms with van der Waals surface area (Å²) in [6.45, 7) is 8.83. The molecule has 1 aliphatic rings. The number of aromatic nitrogens is 2. The lowest BCUT2D eigenvalue weighted by Gasteiger charge is -2.31. The molecule has 1 amide bonds. The summed E-state index contributed by atoms with van der Waals surface area (Å²) in [5.74, 6) is 1.21. The first kappa shape index (κ1) is 22.5. The van der Waals surface area contributed by atoms with Crippen molar-refractivity contribution < 1.29 is 9.53 Å². The lowest BCUT2D eigenvalue weighted by Crippen LogP contribution is -2.37.